The van der Waals surface area contributed by atoms with Crippen molar-refractivity contribution in [3.63, 3.8) is 0 Å². The van der Waals surface area contributed by atoms with Gasteiger partial charge in [-0.05, 0) is 13.8 Å². The lowest BCUT2D eigenvalue weighted by atomic mass is 10.6. The van der Waals surface area contributed by atoms with Crippen LogP contribution in [-0.2, 0) is 9.59 Å². The minimum absolute atomic E-state index is 0.167. The molecule has 0 aromatic heterocycles. The van der Waals surface area contributed by atoms with Gasteiger partial charge in [0.25, 0.3) is 5.97 Å². The first-order valence-corrected chi connectivity index (χ1v) is 2.13. The monoisotopic (exact) mass is 118 g/mol. The van der Waals surface area contributed by atoms with Gasteiger partial charge in [0.2, 0.25) is 0 Å². The van der Waals surface area contributed by atoms with E-state index in [-0.39, 0.29) is 5.78 Å². The summed E-state index contributed by atoms with van der Waals surface area (Å²) < 4.78 is 0. The minimum atomic E-state index is -0.833. The van der Waals surface area contributed by atoms with E-state index in [1.807, 2.05) is 0 Å². The molecule has 0 heterocycles. The Bertz CT molecular complexity index is 65.7. The second-order valence-electron chi connectivity index (χ2n) is 1.43. The molecule has 48 valence electrons. The number of rotatable bonds is 0. The standard InChI is InChI=1S/C3H6O.C2H4O2/c1-3(2)4;1-2(3)4/h1-2H3;1H3,(H,3,4). The van der Waals surface area contributed by atoms with Crippen LogP contribution in [0.5, 0.6) is 0 Å². The number of aliphatic carboxylic acids is 1. The first kappa shape index (κ1) is 10.2. The molecule has 0 aliphatic heterocycles. The van der Waals surface area contributed by atoms with Gasteiger partial charge in [0.1, 0.15) is 5.78 Å². The van der Waals surface area contributed by atoms with E-state index in [4.69, 9.17) is 9.90 Å². The van der Waals surface area contributed by atoms with Gasteiger partial charge in [-0.15, -0.1) is 0 Å². The first-order valence-electron chi connectivity index (χ1n) is 2.13. The summed E-state index contributed by atoms with van der Waals surface area (Å²) in [5.41, 5.74) is 0. The van der Waals surface area contributed by atoms with Gasteiger partial charge in [0.15, 0.2) is 0 Å². The van der Waals surface area contributed by atoms with E-state index < -0.39 is 5.97 Å². The van der Waals surface area contributed by atoms with E-state index in [9.17, 15) is 4.79 Å². The number of carbonyl (C=O) groups excluding carboxylic acids is 1. The second-order valence-corrected chi connectivity index (χ2v) is 1.43. The Morgan fingerprint density at radius 3 is 1.12 bits per heavy atom. The van der Waals surface area contributed by atoms with Crippen LogP contribution in [0.1, 0.15) is 20.8 Å². The first-order chi connectivity index (χ1) is 3.46. The highest BCUT2D eigenvalue weighted by atomic mass is 16.4. The largest absolute Gasteiger partial charge is 0.481 e. The van der Waals surface area contributed by atoms with Gasteiger partial charge in [-0.25, -0.2) is 0 Å². The van der Waals surface area contributed by atoms with Crippen molar-refractivity contribution in [1.82, 2.24) is 0 Å². The van der Waals surface area contributed by atoms with Crippen molar-refractivity contribution in [3.05, 3.63) is 0 Å². The lowest BCUT2D eigenvalue weighted by Gasteiger charge is -1.59. The van der Waals surface area contributed by atoms with Crippen molar-refractivity contribution < 1.29 is 14.7 Å². The van der Waals surface area contributed by atoms with Crippen LogP contribution in [0.4, 0.5) is 0 Å². The Balaban J connectivity index is 0. The fourth-order valence-electron chi connectivity index (χ4n) is 0. The molecule has 0 amide bonds. The Labute approximate surface area is 48.3 Å². The molecule has 0 unspecified atom stereocenters. The van der Waals surface area contributed by atoms with E-state index >= 15 is 0 Å². The molecule has 0 saturated carbocycles. The van der Waals surface area contributed by atoms with Crippen molar-refractivity contribution in [3.8, 4) is 0 Å². The molecule has 0 saturated heterocycles. The Hall–Kier alpha value is -0.860. The Morgan fingerprint density at radius 2 is 1.12 bits per heavy atom. The van der Waals surface area contributed by atoms with Crippen LogP contribution in [-0.4, -0.2) is 16.9 Å². The van der Waals surface area contributed by atoms with Crippen LogP contribution in [0.25, 0.3) is 0 Å². The Morgan fingerprint density at radius 1 is 1.12 bits per heavy atom. The molecule has 0 aliphatic rings. The SMILES string of the molecule is CC(=O)O.CC(C)=O. The maximum Gasteiger partial charge on any atom is 0.300 e. The third-order valence-electron chi connectivity index (χ3n) is 0. The molecule has 0 atom stereocenters. The van der Waals surface area contributed by atoms with Gasteiger partial charge >= 0.3 is 0 Å². The molecule has 8 heavy (non-hydrogen) atoms. The number of carbonyl (C=O) groups is 2. The summed E-state index contributed by atoms with van der Waals surface area (Å²) in [6.45, 7) is 4.14. The summed E-state index contributed by atoms with van der Waals surface area (Å²) in [6.07, 6.45) is 0. The molecule has 0 aromatic rings. The second kappa shape index (κ2) is 6.14. The van der Waals surface area contributed by atoms with Gasteiger partial charge in [0.05, 0.1) is 0 Å². The summed E-state index contributed by atoms with van der Waals surface area (Å²) in [5, 5.41) is 7.42. The predicted molar refractivity (Wildman–Crippen MR) is 29.7 cm³/mol. The summed E-state index contributed by atoms with van der Waals surface area (Å²) >= 11 is 0. The summed E-state index contributed by atoms with van der Waals surface area (Å²) in [4.78, 5) is 18.4. The number of carboxylic acids is 1. The molecule has 3 nitrogen and oxygen atoms in total. The number of hydrogen-bond donors (Lipinski definition) is 1. The number of hydrogen-bond acceptors (Lipinski definition) is 2. The average Bonchev–Trinajstić information content (AvgIpc) is 1.25. The Kier molecular flexibility index (Phi) is 7.82. The number of Topliss-reactive ketones (excluding diaryl/α,β-unsaturated/α-hetero) is 1. The fraction of sp³-hybridized carbons (Fsp3) is 0.600. The zero-order chi connectivity index (χ0) is 7.15. The summed E-state index contributed by atoms with van der Waals surface area (Å²) in [7, 11) is 0. The van der Waals surface area contributed by atoms with E-state index in [2.05, 4.69) is 0 Å². The van der Waals surface area contributed by atoms with Crippen molar-refractivity contribution in [2.24, 2.45) is 0 Å². The van der Waals surface area contributed by atoms with Crippen LogP contribution < -0.4 is 0 Å². The van der Waals surface area contributed by atoms with Crippen molar-refractivity contribution in [1.29, 1.82) is 0 Å². The van der Waals surface area contributed by atoms with E-state index in [0.29, 0.717) is 0 Å². The molecule has 0 aliphatic carbocycles. The highest BCUT2D eigenvalue weighted by Crippen LogP contribution is 1.50. The van der Waals surface area contributed by atoms with E-state index in [1.165, 1.54) is 13.8 Å². The lowest BCUT2D eigenvalue weighted by Crippen LogP contribution is -1.78. The summed E-state index contributed by atoms with van der Waals surface area (Å²) in [5.74, 6) is -0.667. The molecule has 0 fully saturated rings. The lowest BCUT2D eigenvalue weighted by molar-refractivity contribution is -0.134. The molecular formula is C5H10O3. The highest BCUT2D eigenvalue weighted by Gasteiger charge is 1.65. The van der Waals surface area contributed by atoms with Crippen LogP contribution in [0, 0.1) is 0 Å². The molecule has 1 N–H and O–H groups in total. The molecule has 0 radical (unpaired) electrons. The summed E-state index contributed by atoms with van der Waals surface area (Å²) in [6, 6.07) is 0. The maximum absolute atomic E-state index is 9.44. The van der Waals surface area contributed by atoms with E-state index in [0.717, 1.165) is 6.92 Å². The predicted octanol–water partition coefficient (Wildman–Crippen LogP) is 0.686. The molecule has 0 aromatic carbocycles. The maximum atomic E-state index is 9.44. The van der Waals surface area contributed by atoms with Crippen LogP contribution in [0.3, 0.4) is 0 Å². The average molecular weight is 118 g/mol. The zero-order valence-corrected chi connectivity index (χ0v) is 5.26. The van der Waals surface area contributed by atoms with Crippen molar-refractivity contribution >= 4 is 11.8 Å². The third kappa shape index (κ3) is 119. The number of ketones is 1. The fourth-order valence-corrected chi connectivity index (χ4v) is 0. The molecular weight excluding hydrogens is 108 g/mol. The minimum Gasteiger partial charge on any atom is -0.481 e. The van der Waals surface area contributed by atoms with Crippen LogP contribution in [0.15, 0.2) is 0 Å². The van der Waals surface area contributed by atoms with E-state index in [1.54, 1.807) is 0 Å². The topological polar surface area (TPSA) is 54.4 Å². The van der Waals surface area contributed by atoms with Gasteiger partial charge in [-0.2, -0.15) is 0 Å². The smallest absolute Gasteiger partial charge is 0.300 e. The van der Waals surface area contributed by atoms with Gasteiger partial charge < -0.3 is 9.90 Å². The highest BCUT2D eigenvalue weighted by molar-refractivity contribution is 5.72. The molecule has 3 heteroatoms. The van der Waals surface area contributed by atoms with Crippen molar-refractivity contribution in [2.75, 3.05) is 0 Å². The van der Waals surface area contributed by atoms with Gasteiger partial charge in [-0.1, -0.05) is 0 Å². The van der Waals surface area contributed by atoms with Crippen LogP contribution >= 0.6 is 0 Å². The number of carboxylic acid groups (broad SMARTS) is 1. The normalized spacial score (nSPS) is 6.38. The zero-order valence-electron chi connectivity index (χ0n) is 5.26. The van der Waals surface area contributed by atoms with Gasteiger partial charge in [0, 0.05) is 6.92 Å². The van der Waals surface area contributed by atoms with Crippen molar-refractivity contribution in [2.45, 2.75) is 20.8 Å². The quantitative estimate of drug-likeness (QED) is 0.509. The molecule has 0 bridgehead atoms. The molecule has 0 rings (SSSR count). The molecule has 0 spiro atoms. The third-order valence-corrected chi connectivity index (χ3v) is 0. The van der Waals surface area contributed by atoms with Gasteiger partial charge in [-0.3, -0.25) is 4.79 Å². The van der Waals surface area contributed by atoms with Crippen LogP contribution in [0.2, 0.25) is 0 Å².